The van der Waals surface area contributed by atoms with E-state index in [2.05, 4.69) is 10.1 Å². The van der Waals surface area contributed by atoms with Crippen LogP contribution in [0.15, 0.2) is 48.4 Å². The highest BCUT2D eigenvalue weighted by atomic mass is 32.1. The third-order valence-corrected chi connectivity index (χ3v) is 4.98. The van der Waals surface area contributed by atoms with Crippen LogP contribution >= 0.6 is 11.3 Å². The monoisotopic (exact) mass is 357 g/mol. The van der Waals surface area contributed by atoms with Gasteiger partial charge in [-0.2, -0.15) is 5.10 Å². The Labute approximate surface area is 147 Å². The molecule has 0 spiro atoms. The average molecular weight is 357 g/mol. The zero-order chi connectivity index (χ0) is 18.0. The van der Waals surface area contributed by atoms with Gasteiger partial charge in [-0.3, -0.25) is 14.9 Å². The quantitative estimate of drug-likeness (QED) is 0.517. The molecule has 1 aromatic carbocycles. The van der Waals surface area contributed by atoms with Crippen molar-refractivity contribution in [3.63, 3.8) is 0 Å². The van der Waals surface area contributed by atoms with Gasteiger partial charge in [0.15, 0.2) is 0 Å². The smallest absolute Gasteiger partial charge is 0.295 e. The molecule has 1 atom stereocenters. The molecule has 2 aromatic heterocycles. The number of amides is 1. The van der Waals surface area contributed by atoms with Crippen molar-refractivity contribution in [2.45, 2.75) is 13.0 Å². The van der Waals surface area contributed by atoms with Crippen molar-refractivity contribution in [1.82, 2.24) is 19.7 Å². The summed E-state index contributed by atoms with van der Waals surface area (Å²) in [7, 11) is 1.68. The van der Waals surface area contributed by atoms with Crippen LogP contribution in [0.1, 0.15) is 28.2 Å². The lowest BCUT2D eigenvalue weighted by atomic mass is 10.1. The second-order valence-corrected chi connectivity index (χ2v) is 6.39. The van der Waals surface area contributed by atoms with Crippen LogP contribution in [0.3, 0.4) is 0 Å². The van der Waals surface area contributed by atoms with Gasteiger partial charge in [-0.25, -0.2) is 9.67 Å². The largest absolute Gasteiger partial charge is 0.334 e. The summed E-state index contributed by atoms with van der Waals surface area (Å²) in [5.74, 6) is -0.283. The Kier molecular flexibility index (Phi) is 4.57. The Hall–Kier alpha value is -3.07. The van der Waals surface area contributed by atoms with Crippen LogP contribution in [0, 0.1) is 10.1 Å². The maximum Gasteiger partial charge on any atom is 0.295 e. The van der Waals surface area contributed by atoms with E-state index >= 15 is 0 Å². The summed E-state index contributed by atoms with van der Waals surface area (Å²) in [5.41, 5.74) is 0.308. The summed E-state index contributed by atoms with van der Waals surface area (Å²) >= 11 is 1.56. The fourth-order valence-electron chi connectivity index (χ4n) is 2.43. The lowest BCUT2D eigenvalue weighted by Gasteiger charge is -2.24. The number of thiophene rings is 1. The van der Waals surface area contributed by atoms with Crippen LogP contribution in [-0.2, 0) is 0 Å². The number of nitro groups is 1. The second kappa shape index (κ2) is 6.81. The van der Waals surface area contributed by atoms with Crippen molar-refractivity contribution in [2.75, 3.05) is 7.05 Å². The molecule has 0 bridgehead atoms. The van der Waals surface area contributed by atoms with E-state index in [0.717, 1.165) is 4.88 Å². The first-order chi connectivity index (χ1) is 12.0. The normalized spacial score (nSPS) is 11.9. The van der Waals surface area contributed by atoms with Crippen LogP contribution in [0.2, 0.25) is 0 Å². The Morgan fingerprint density at radius 1 is 1.40 bits per heavy atom. The zero-order valence-corrected chi connectivity index (χ0v) is 14.4. The van der Waals surface area contributed by atoms with Crippen molar-refractivity contribution < 1.29 is 9.72 Å². The number of aromatic nitrogens is 3. The van der Waals surface area contributed by atoms with Gasteiger partial charge >= 0.3 is 0 Å². The Balaban J connectivity index is 1.93. The average Bonchev–Trinajstić information content (AvgIpc) is 3.32. The maximum atomic E-state index is 12.7. The van der Waals surface area contributed by atoms with Crippen molar-refractivity contribution >= 4 is 22.9 Å². The molecule has 9 heteroatoms. The SMILES string of the molecule is C[C@H](c1cccs1)N(C)C(=O)c1ccc(-n2cncn2)c([N+](=O)[O-])c1. The van der Waals surface area contributed by atoms with E-state index in [-0.39, 0.29) is 28.9 Å². The highest BCUT2D eigenvalue weighted by Gasteiger charge is 2.24. The Morgan fingerprint density at radius 2 is 2.20 bits per heavy atom. The van der Waals surface area contributed by atoms with Gasteiger partial charge < -0.3 is 4.90 Å². The molecule has 0 N–H and O–H groups in total. The molecule has 8 nitrogen and oxygen atoms in total. The van der Waals surface area contributed by atoms with Gasteiger partial charge in [0.1, 0.15) is 18.3 Å². The first-order valence-corrected chi connectivity index (χ1v) is 8.31. The fraction of sp³-hybridized carbons (Fsp3) is 0.188. The Morgan fingerprint density at radius 3 is 2.80 bits per heavy atom. The minimum Gasteiger partial charge on any atom is -0.334 e. The highest BCUT2D eigenvalue weighted by molar-refractivity contribution is 7.10. The van der Waals surface area contributed by atoms with E-state index in [1.807, 2.05) is 24.4 Å². The molecule has 2 heterocycles. The van der Waals surface area contributed by atoms with Gasteiger partial charge in [0, 0.05) is 23.6 Å². The number of rotatable bonds is 5. The number of hydrogen-bond acceptors (Lipinski definition) is 6. The molecule has 3 aromatic rings. The standard InChI is InChI=1S/C16H15N5O3S/c1-11(15-4-3-7-25-15)19(2)16(22)12-5-6-13(14(8-12)21(23)24)20-10-17-9-18-20/h3-11H,1-2H3/t11-/m1/s1. The summed E-state index contributed by atoms with van der Waals surface area (Å²) in [6, 6.07) is 8.09. The van der Waals surface area contributed by atoms with Gasteiger partial charge in [-0.15, -0.1) is 11.3 Å². The van der Waals surface area contributed by atoms with Crippen LogP contribution in [-0.4, -0.2) is 37.5 Å². The van der Waals surface area contributed by atoms with Gasteiger partial charge in [-0.1, -0.05) is 6.07 Å². The molecule has 0 unspecified atom stereocenters. The van der Waals surface area contributed by atoms with Gasteiger partial charge in [0.05, 0.1) is 11.0 Å². The first-order valence-electron chi connectivity index (χ1n) is 7.43. The molecule has 0 saturated heterocycles. The number of nitrogens with zero attached hydrogens (tertiary/aromatic N) is 5. The number of carbonyl (C=O) groups excluding carboxylic acids is 1. The number of carbonyl (C=O) groups is 1. The van der Waals surface area contributed by atoms with E-state index in [4.69, 9.17) is 0 Å². The summed E-state index contributed by atoms with van der Waals surface area (Å²) in [6.45, 7) is 1.92. The first kappa shape index (κ1) is 16.8. The van der Waals surface area contributed by atoms with Crippen LogP contribution in [0.4, 0.5) is 5.69 Å². The molecule has 128 valence electrons. The van der Waals surface area contributed by atoms with Crippen molar-refractivity contribution in [3.05, 3.63) is 68.9 Å². The molecular formula is C16H15N5O3S. The van der Waals surface area contributed by atoms with Gasteiger partial charge in [0.25, 0.3) is 11.6 Å². The lowest BCUT2D eigenvalue weighted by molar-refractivity contribution is -0.384. The molecular weight excluding hydrogens is 342 g/mol. The predicted octanol–water partition coefficient (Wildman–Crippen LogP) is 3.07. The third-order valence-electron chi connectivity index (χ3n) is 3.94. The number of nitro benzene ring substituents is 1. The van der Waals surface area contributed by atoms with Crippen molar-refractivity contribution in [3.8, 4) is 5.69 Å². The molecule has 0 aliphatic carbocycles. The van der Waals surface area contributed by atoms with Crippen molar-refractivity contribution in [1.29, 1.82) is 0 Å². The fourth-order valence-corrected chi connectivity index (χ4v) is 3.25. The molecule has 0 saturated carbocycles. The Bertz CT molecular complexity index is 893. The molecule has 0 fully saturated rings. The summed E-state index contributed by atoms with van der Waals surface area (Å²) in [4.78, 5) is 30.0. The molecule has 3 rings (SSSR count). The van der Waals surface area contributed by atoms with E-state index in [1.54, 1.807) is 29.4 Å². The van der Waals surface area contributed by atoms with E-state index in [1.165, 1.54) is 29.5 Å². The zero-order valence-electron chi connectivity index (χ0n) is 13.6. The van der Waals surface area contributed by atoms with Crippen LogP contribution < -0.4 is 0 Å². The lowest BCUT2D eigenvalue weighted by Crippen LogP contribution is -2.29. The van der Waals surface area contributed by atoms with E-state index < -0.39 is 4.92 Å². The van der Waals surface area contributed by atoms with Crippen molar-refractivity contribution in [2.24, 2.45) is 0 Å². The second-order valence-electron chi connectivity index (χ2n) is 5.41. The van der Waals surface area contributed by atoms with E-state index in [9.17, 15) is 14.9 Å². The minimum absolute atomic E-state index is 0.124. The van der Waals surface area contributed by atoms with Gasteiger partial charge in [-0.05, 0) is 30.5 Å². The number of hydrogen-bond donors (Lipinski definition) is 0. The summed E-state index contributed by atoms with van der Waals surface area (Å²) in [5, 5.41) is 17.3. The molecule has 25 heavy (non-hydrogen) atoms. The molecule has 1 amide bonds. The topological polar surface area (TPSA) is 94.2 Å². The van der Waals surface area contributed by atoms with E-state index in [0.29, 0.717) is 0 Å². The summed E-state index contributed by atoms with van der Waals surface area (Å²) < 4.78 is 1.30. The maximum absolute atomic E-state index is 12.7. The van der Waals surface area contributed by atoms with Gasteiger partial charge in [0.2, 0.25) is 0 Å². The highest BCUT2D eigenvalue weighted by Crippen LogP contribution is 2.27. The predicted molar refractivity (Wildman–Crippen MR) is 92.8 cm³/mol. The van der Waals surface area contributed by atoms with Crippen LogP contribution in [0.5, 0.6) is 0 Å². The summed E-state index contributed by atoms with van der Waals surface area (Å²) in [6.07, 6.45) is 2.66. The molecule has 0 radical (unpaired) electrons. The molecule has 0 aliphatic heterocycles. The number of benzene rings is 1. The van der Waals surface area contributed by atoms with Crippen LogP contribution in [0.25, 0.3) is 5.69 Å². The minimum atomic E-state index is -0.531. The molecule has 0 aliphatic rings. The third kappa shape index (κ3) is 3.26.